The molecule has 0 spiro atoms. The molecule has 0 bridgehead atoms. The minimum absolute atomic E-state index is 0.0335. The molecule has 0 saturated carbocycles. The van der Waals surface area contributed by atoms with Gasteiger partial charge in [0.25, 0.3) is 0 Å². The van der Waals surface area contributed by atoms with E-state index in [0.29, 0.717) is 12.0 Å². The zero-order valence-electron chi connectivity index (χ0n) is 9.97. The van der Waals surface area contributed by atoms with E-state index >= 15 is 0 Å². The van der Waals surface area contributed by atoms with E-state index in [0.717, 1.165) is 16.7 Å². The van der Waals surface area contributed by atoms with E-state index in [1.165, 1.54) is 0 Å². The van der Waals surface area contributed by atoms with Crippen LogP contribution in [0.2, 0.25) is 0 Å². The lowest BCUT2D eigenvalue weighted by molar-refractivity contribution is 0.103. The second-order valence-electron chi connectivity index (χ2n) is 4.01. The first-order valence-electron chi connectivity index (χ1n) is 5.46. The number of nitrogens with zero attached hydrogens (tertiary/aromatic N) is 2. The molecule has 4 heteroatoms. The molecular formula is C13H15N2OP. The molecule has 0 amide bonds. The molecule has 1 heterocycles. The van der Waals surface area contributed by atoms with Gasteiger partial charge in [0.1, 0.15) is 5.69 Å². The van der Waals surface area contributed by atoms with Crippen molar-refractivity contribution < 1.29 is 4.79 Å². The fraction of sp³-hybridized carbons (Fsp3) is 0.231. The second-order valence-corrected chi connectivity index (χ2v) is 4.37. The molecular weight excluding hydrogens is 231 g/mol. The van der Waals surface area contributed by atoms with Gasteiger partial charge < -0.3 is 4.57 Å². The Morgan fingerprint density at radius 2 is 2.18 bits per heavy atom. The molecule has 1 aromatic carbocycles. The van der Waals surface area contributed by atoms with Crippen LogP contribution in [0.15, 0.2) is 30.7 Å². The Bertz CT molecular complexity index is 560. The van der Waals surface area contributed by atoms with Crippen molar-refractivity contribution in [1.82, 2.24) is 9.55 Å². The van der Waals surface area contributed by atoms with Gasteiger partial charge in [0.15, 0.2) is 0 Å². The van der Waals surface area contributed by atoms with Crippen molar-refractivity contribution >= 4 is 15.0 Å². The van der Waals surface area contributed by atoms with E-state index in [2.05, 4.69) is 14.2 Å². The van der Waals surface area contributed by atoms with Gasteiger partial charge in [0, 0.05) is 11.8 Å². The van der Waals surface area contributed by atoms with Crippen molar-refractivity contribution in [3.8, 4) is 0 Å². The van der Waals surface area contributed by atoms with Gasteiger partial charge in [0.05, 0.1) is 12.5 Å². The van der Waals surface area contributed by atoms with Crippen LogP contribution in [-0.4, -0.2) is 15.3 Å². The summed E-state index contributed by atoms with van der Waals surface area (Å²) in [5, 5.41) is 0. The van der Waals surface area contributed by atoms with E-state index in [1.54, 1.807) is 12.5 Å². The van der Waals surface area contributed by atoms with Crippen LogP contribution < -0.4 is 0 Å². The molecule has 0 aliphatic carbocycles. The molecule has 0 fully saturated rings. The van der Waals surface area contributed by atoms with Crippen LogP contribution in [0.5, 0.6) is 0 Å². The molecule has 0 aliphatic heterocycles. The Balaban J connectivity index is 2.48. The Labute approximate surface area is 103 Å². The van der Waals surface area contributed by atoms with E-state index in [4.69, 9.17) is 0 Å². The third kappa shape index (κ3) is 2.16. The fourth-order valence-electron chi connectivity index (χ4n) is 1.79. The van der Waals surface area contributed by atoms with Crippen LogP contribution in [0.25, 0.3) is 0 Å². The lowest BCUT2D eigenvalue weighted by Crippen LogP contribution is -2.10. The zero-order chi connectivity index (χ0) is 12.4. The van der Waals surface area contributed by atoms with Gasteiger partial charge in [-0.25, -0.2) is 4.98 Å². The molecule has 2 rings (SSSR count). The predicted molar refractivity (Wildman–Crippen MR) is 71.3 cm³/mol. The molecule has 1 aromatic heterocycles. The molecule has 1 unspecified atom stereocenters. The Morgan fingerprint density at radius 1 is 1.41 bits per heavy atom. The van der Waals surface area contributed by atoms with Crippen molar-refractivity contribution in [2.45, 2.75) is 20.1 Å². The lowest BCUT2D eigenvalue weighted by Gasteiger charge is -2.08. The number of benzene rings is 1. The van der Waals surface area contributed by atoms with Crippen LogP contribution in [0, 0.1) is 13.8 Å². The average Bonchev–Trinajstić information content (AvgIpc) is 2.80. The van der Waals surface area contributed by atoms with Gasteiger partial charge in [-0.3, -0.25) is 4.79 Å². The third-order valence-electron chi connectivity index (χ3n) is 2.99. The predicted octanol–water partition coefficient (Wildman–Crippen LogP) is 2.56. The maximum atomic E-state index is 12.4. The van der Waals surface area contributed by atoms with Crippen molar-refractivity contribution in [3.63, 3.8) is 0 Å². The molecule has 2 aromatic rings. The van der Waals surface area contributed by atoms with Crippen molar-refractivity contribution in [3.05, 3.63) is 53.1 Å². The van der Waals surface area contributed by atoms with E-state index in [-0.39, 0.29) is 5.78 Å². The lowest BCUT2D eigenvalue weighted by atomic mass is 9.99. The molecule has 0 radical (unpaired) electrons. The Hall–Kier alpha value is -1.47. The quantitative estimate of drug-likeness (QED) is 0.616. The van der Waals surface area contributed by atoms with Crippen LogP contribution in [0.3, 0.4) is 0 Å². The summed E-state index contributed by atoms with van der Waals surface area (Å²) < 4.78 is 1.83. The van der Waals surface area contributed by atoms with Gasteiger partial charge in [-0.15, -0.1) is 9.24 Å². The number of hydrogen-bond donors (Lipinski definition) is 0. The van der Waals surface area contributed by atoms with E-state index < -0.39 is 0 Å². The Kier molecular flexibility index (Phi) is 3.39. The smallest absolute Gasteiger partial charge is 0.211 e. The SMILES string of the molecule is Cc1cccc(C(=O)c2cncn2CP)c1C. The molecule has 0 N–H and O–H groups in total. The van der Waals surface area contributed by atoms with Gasteiger partial charge in [0.2, 0.25) is 5.78 Å². The summed E-state index contributed by atoms with van der Waals surface area (Å²) in [4.78, 5) is 16.4. The summed E-state index contributed by atoms with van der Waals surface area (Å²) in [6.45, 7) is 3.99. The first-order valence-corrected chi connectivity index (χ1v) is 6.28. The topological polar surface area (TPSA) is 34.9 Å². The van der Waals surface area contributed by atoms with Gasteiger partial charge in [-0.05, 0) is 25.0 Å². The van der Waals surface area contributed by atoms with Crippen molar-refractivity contribution in [1.29, 1.82) is 0 Å². The number of ketones is 1. The normalized spacial score (nSPS) is 10.5. The van der Waals surface area contributed by atoms with Crippen molar-refractivity contribution in [2.75, 3.05) is 0 Å². The Morgan fingerprint density at radius 3 is 2.88 bits per heavy atom. The van der Waals surface area contributed by atoms with Crippen LogP contribution in [-0.2, 0) is 6.29 Å². The summed E-state index contributed by atoms with van der Waals surface area (Å²) in [7, 11) is 2.59. The first kappa shape index (κ1) is 12.0. The van der Waals surface area contributed by atoms with Crippen molar-refractivity contribution in [2.24, 2.45) is 0 Å². The van der Waals surface area contributed by atoms with Gasteiger partial charge in [-0.2, -0.15) is 0 Å². The molecule has 17 heavy (non-hydrogen) atoms. The van der Waals surface area contributed by atoms with Crippen LogP contribution in [0.4, 0.5) is 0 Å². The standard InChI is InChI=1S/C13H15N2OP/c1-9-4-3-5-11(10(9)2)13(16)12-6-14-7-15(12)8-17/h3-7H,8,17H2,1-2H3. The summed E-state index contributed by atoms with van der Waals surface area (Å²) >= 11 is 0. The number of carbonyl (C=O) groups is 1. The highest BCUT2D eigenvalue weighted by Gasteiger charge is 2.16. The highest BCUT2D eigenvalue weighted by atomic mass is 31.0. The average molecular weight is 246 g/mol. The summed E-state index contributed by atoms with van der Waals surface area (Å²) in [5.41, 5.74) is 3.56. The van der Waals surface area contributed by atoms with Gasteiger partial charge in [-0.1, -0.05) is 18.2 Å². The number of carbonyl (C=O) groups excluding carboxylic acids is 1. The van der Waals surface area contributed by atoms with Gasteiger partial charge >= 0.3 is 0 Å². The maximum Gasteiger partial charge on any atom is 0.211 e. The summed E-state index contributed by atoms with van der Waals surface area (Å²) in [6, 6.07) is 5.79. The number of hydrogen-bond acceptors (Lipinski definition) is 2. The van der Waals surface area contributed by atoms with Crippen LogP contribution in [0.1, 0.15) is 27.2 Å². The minimum Gasteiger partial charge on any atom is -0.324 e. The first-order chi connectivity index (χ1) is 8.15. The highest BCUT2D eigenvalue weighted by molar-refractivity contribution is 7.15. The molecule has 0 saturated heterocycles. The number of rotatable bonds is 3. The highest BCUT2D eigenvalue weighted by Crippen LogP contribution is 2.17. The molecule has 1 atom stereocenters. The number of aryl methyl sites for hydroxylation is 1. The minimum atomic E-state index is 0.0335. The second kappa shape index (κ2) is 4.80. The maximum absolute atomic E-state index is 12.4. The summed E-state index contributed by atoms with van der Waals surface area (Å²) in [5.74, 6) is 0.0335. The third-order valence-corrected chi connectivity index (χ3v) is 3.38. The number of aromatic nitrogens is 2. The summed E-state index contributed by atoms with van der Waals surface area (Å²) in [6.07, 6.45) is 3.96. The van der Waals surface area contributed by atoms with E-state index in [1.807, 2.05) is 36.6 Å². The molecule has 3 nitrogen and oxygen atoms in total. The van der Waals surface area contributed by atoms with Crippen LogP contribution >= 0.6 is 9.24 Å². The molecule has 0 aliphatic rings. The largest absolute Gasteiger partial charge is 0.324 e. The zero-order valence-corrected chi connectivity index (χ0v) is 11.1. The monoisotopic (exact) mass is 246 g/mol. The molecule has 88 valence electrons. The van der Waals surface area contributed by atoms with E-state index in [9.17, 15) is 4.79 Å². The fourth-order valence-corrected chi connectivity index (χ4v) is 2.08. The number of imidazole rings is 1.